The van der Waals surface area contributed by atoms with E-state index in [0.717, 1.165) is 0 Å². The van der Waals surface area contributed by atoms with Gasteiger partial charge in [0.25, 0.3) is 5.69 Å². The van der Waals surface area contributed by atoms with Crippen LogP contribution in [0.1, 0.15) is 39.2 Å². The Kier molecular flexibility index (Phi) is 7.21. The van der Waals surface area contributed by atoms with Crippen LogP contribution in [0.5, 0.6) is 0 Å². The number of anilines is 1. The van der Waals surface area contributed by atoms with Gasteiger partial charge in [0.1, 0.15) is 5.60 Å². The van der Waals surface area contributed by atoms with E-state index in [2.05, 4.69) is 0 Å². The summed E-state index contributed by atoms with van der Waals surface area (Å²) in [6.45, 7) is 8.86. The van der Waals surface area contributed by atoms with Crippen LogP contribution in [0.15, 0.2) is 18.2 Å². The average molecular weight is 418 g/mol. The van der Waals surface area contributed by atoms with E-state index in [4.69, 9.17) is 9.47 Å². The van der Waals surface area contributed by atoms with Gasteiger partial charge >= 0.3 is 12.1 Å². The number of piperazine rings is 1. The first-order valence-electron chi connectivity index (χ1n) is 9.64. The van der Waals surface area contributed by atoms with E-state index < -0.39 is 28.5 Å². The summed E-state index contributed by atoms with van der Waals surface area (Å²) < 4.78 is 10.3. The molecule has 1 aromatic carbocycles. The number of carbonyl (C=O) groups is 2. The maximum atomic E-state index is 12.2. The molecular weight excluding hydrogens is 392 g/mol. The van der Waals surface area contributed by atoms with Gasteiger partial charge in [0, 0.05) is 37.9 Å². The Hall–Kier alpha value is -3.35. The SMILES string of the molecule is CCOC(=O)C(C#N)c1cc(N2CCN(C(=O)OC(C)(C)C)CC2)ccc1[N+](=O)[O-]. The third-order valence-electron chi connectivity index (χ3n) is 4.47. The van der Waals surface area contributed by atoms with Crippen LogP contribution in [0.3, 0.4) is 0 Å². The molecule has 1 aliphatic rings. The van der Waals surface area contributed by atoms with Crippen molar-refractivity contribution < 1.29 is 24.0 Å². The van der Waals surface area contributed by atoms with Gasteiger partial charge in [0.2, 0.25) is 0 Å². The number of hydrogen-bond donors (Lipinski definition) is 0. The fourth-order valence-corrected chi connectivity index (χ4v) is 3.08. The van der Waals surface area contributed by atoms with Crippen molar-refractivity contribution in [1.29, 1.82) is 5.26 Å². The Bertz CT molecular complexity index is 850. The number of nitro groups is 1. The van der Waals surface area contributed by atoms with Crippen LogP contribution in [0.2, 0.25) is 0 Å². The number of nitriles is 1. The molecule has 0 N–H and O–H groups in total. The molecular formula is C20H26N4O6. The highest BCUT2D eigenvalue weighted by Crippen LogP contribution is 2.32. The predicted octanol–water partition coefficient (Wildman–Crippen LogP) is 2.82. The smallest absolute Gasteiger partial charge is 0.410 e. The summed E-state index contributed by atoms with van der Waals surface area (Å²) in [4.78, 5) is 38.7. The van der Waals surface area contributed by atoms with Gasteiger partial charge < -0.3 is 19.3 Å². The van der Waals surface area contributed by atoms with Crippen LogP contribution in [0.4, 0.5) is 16.2 Å². The fourth-order valence-electron chi connectivity index (χ4n) is 3.08. The number of benzene rings is 1. The largest absolute Gasteiger partial charge is 0.465 e. The van der Waals surface area contributed by atoms with Gasteiger partial charge in [-0.1, -0.05) is 0 Å². The van der Waals surface area contributed by atoms with E-state index >= 15 is 0 Å². The second kappa shape index (κ2) is 9.43. The van der Waals surface area contributed by atoms with Crippen LogP contribution < -0.4 is 4.90 Å². The number of ether oxygens (including phenoxy) is 2. The van der Waals surface area contributed by atoms with Crippen LogP contribution >= 0.6 is 0 Å². The minimum atomic E-state index is -1.40. The highest BCUT2D eigenvalue weighted by molar-refractivity contribution is 5.83. The van der Waals surface area contributed by atoms with Gasteiger partial charge in [-0.3, -0.25) is 14.9 Å². The van der Waals surface area contributed by atoms with Crippen molar-refractivity contribution in [2.45, 2.75) is 39.2 Å². The van der Waals surface area contributed by atoms with Crippen molar-refractivity contribution in [2.75, 3.05) is 37.7 Å². The molecule has 1 fully saturated rings. The molecule has 0 aromatic heterocycles. The molecule has 0 spiro atoms. The van der Waals surface area contributed by atoms with Gasteiger partial charge in [-0.25, -0.2) is 4.79 Å². The van der Waals surface area contributed by atoms with Crippen LogP contribution in [0, 0.1) is 21.4 Å². The molecule has 2 rings (SSSR count). The highest BCUT2D eigenvalue weighted by Gasteiger charge is 2.31. The molecule has 0 saturated carbocycles. The molecule has 1 heterocycles. The molecule has 0 bridgehead atoms. The molecule has 0 radical (unpaired) electrons. The van der Waals surface area contributed by atoms with Crippen molar-refractivity contribution in [3.05, 3.63) is 33.9 Å². The first kappa shape index (κ1) is 22.9. The lowest BCUT2D eigenvalue weighted by Gasteiger charge is -2.36. The van der Waals surface area contributed by atoms with Crippen molar-refractivity contribution >= 4 is 23.4 Å². The zero-order valence-corrected chi connectivity index (χ0v) is 17.6. The van der Waals surface area contributed by atoms with E-state index in [-0.39, 0.29) is 17.9 Å². The molecule has 1 amide bonds. The first-order valence-corrected chi connectivity index (χ1v) is 9.64. The lowest BCUT2D eigenvalue weighted by molar-refractivity contribution is -0.385. The minimum Gasteiger partial charge on any atom is -0.465 e. The quantitative estimate of drug-likeness (QED) is 0.406. The van der Waals surface area contributed by atoms with Gasteiger partial charge in [0.05, 0.1) is 23.2 Å². The highest BCUT2D eigenvalue weighted by atomic mass is 16.6. The maximum absolute atomic E-state index is 12.2. The maximum Gasteiger partial charge on any atom is 0.410 e. The predicted molar refractivity (Wildman–Crippen MR) is 108 cm³/mol. The van der Waals surface area contributed by atoms with Gasteiger partial charge in [0.15, 0.2) is 5.92 Å². The van der Waals surface area contributed by atoms with Crippen molar-refractivity contribution in [3.8, 4) is 6.07 Å². The number of nitrogens with zero attached hydrogens (tertiary/aromatic N) is 4. The number of esters is 1. The topological polar surface area (TPSA) is 126 Å². The second-order valence-corrected chi connectivity index (χ2v) is 7.77. The standard InChI is InChI=1S/C20H26N4O6/c1-5-29-18(25)16(13-21)15-12-14(6-7-17(15)24(27)28)22-8-10-23(11-9-22)19(26)30-20(2,3)4/h6-7,12,16H,5,8-11H2,1-4H3. The van der Waals surface area contributed by atoms with Crippen LogP contribution in [0.25, 0.3) is 0 Å². The Morgan fingerprint density at radius 2 is 1.90 bits per heavy atom. The van der Waals surface area contributed by atoms with E-state index in [1.807, 2.05) is 4.90 Å². The summed E-state index contributed by atoms with van der Waals surface area (Å²) in [6.07, 6.45) is -0.390. The normalized spacial score (nSPS) is 15.2. The molecule has 10 heteroatoms. The lowest BCUT2D eigenvalue weighted by Crippen LogP contribution is -2.50. The van der Waals surface area contributed by atoms with Crippen LogP contribution in [-0.4, -0.2) is 60.3 Å². The Morgan fingerprint density at radius 3 is 2.40 bits per heavy atom. The summed E-state index contributed by atoms with van der Waals surface area (Å²) >= 11 is 0. The van der Waals surface area contributed by atoms with Crippen molar-refractivity contribution in [3.63, 3.8) is 0 Å². The fraction of sp³-hybridized carbons (Fsp3) is 0.550. The van der Waals surface area contributed by atoms with E-state index in [0.29, 0.717) is 31.9 Å². The van der Waals surface area contributed by atoms with Gasteiger partial charge in [-0.05, 0) is 39.8 Å². The van der Waals surface area contributed by atoms with Crippen molar-refractivity contribution in [2.24, 2.45) is 0 Å². The number of hydrogen-bond acceptors (Lipinski definition) is 8. The summed E-state index contributed by atoms with van der Waals surface area (Å²) in [7, 11) is 0. The van der Waals surface area contributed by atoms with Gasteiger partial charge in [-0.2, -0.15) is 5.26 Å². The summed E-state index contributed by atoms with van der Waals surface area (Å²) in [5.74, 6) is -2.22. The zero-order valence-electron chi connectivity index (χ0n) is 17.6. The molecule has 1 atom stereocenters. The molecule has 30 heavy (non-hydrogen) atoms. The number of nitro benzene ring substituents is 1. The van der Waals surface area contributed by atoms with Crippen LogP contribution in [-0.2, 0) is 14.3 Å². The van der Waals surface area contributed by atoms with Gasteiger partial charge in [-0.15, -0.1) is 0 Å². The molecule has 162 valence electrons. The summed E-state index contributed by atoms with van der Waals surface area (Å²) in [5.41, 5.74) is -0.274. The first-order chi connectivity index (χ1) is 14.1. The average Bonchev–Trinajstić information content (AvgIpc) is 2.67. The lowest BCUT2D eigenvalue weighted by atomic mass is 9.97. The van der Waals surface area contributed by atoms with E-state index in [1.54, 1.807) is 44.7 Å². The number of carbonyl (C=O) groups excluding carboxylic acids is 2. The zero-order chi connectivity index (χ0) is 22.5. The molecule has 10 nitrogen and oxygen atoms in total. The third-order valence-corrected chi connectivity index (χ3v) is 4.47. The Balaban J connectivity index is 2.22. The molecule has 1 aliphatic heterocycles. The molecule has 1 unspecified atom stereocenters. The van der Waals surface area contributed by atoms with E-state index in [1.165, 1.54) is 12.1 Å². The monoisotopic (exact) mass is 418 g/mol. The number of rotatable bonds is 5. The summed E-state index contributed by atoms with van der Waals surface area (Å²) in [5, 5.41) is 20.8. The van der Waals surface area contributed by atoms with E-state index in [9.17, 15) is 25.0 Å². The summed E-state index contributed by atoms with van der Waals surface area (Å²) in [6, 6.07) is 6.14. The number of amides is 1. The Morgan fingerprint density at radius 1 is 1.27 bits per heavy atom. The molecule has 1 saturated heterocycles. The Labute approximate surface area is 175 Å². The van der Waals surface area contributed by atoms with Crippen molar-refractivity contribution in [1.82, 2.24) is 4.90 Å². The minimum absolute atomic E-state index is 0.00646. The third kappa shape index (κ3) is 5.59. The molecule has 1 aromatic rings. The molecule has 0 aliphatic carbocycles. The second-order valence-electron chi connectivity index (χ2n) is 7.77.